The van der Waals surface area contributed by atoms with Crippen molar-refractivity contribution in [1.29, 1.82) is 0 Å². The van der Waals surface area contributed by atoms with Crippen LogP contribution in [0, 0.1) is 6.92 Å². The Balaban J connectivity index is 1.43. The smallest absolute Gasteiger partial charge is 0.255 e. The third kappa shape index (κ3) is 5.97. The van der Waals surface area contributed by atoms with Gasteiger partial charge in [-0.25, -0.2) is 0 Å². The number of hydrogen-bond donors (Lipinski definition) is 1. The Morgan fingerprint density at radius 3 is 2.18 bits per heavy atom. The Hall–Kier alpha value is -3.77. The van der Waals surface area contributed by atoms with Gasteiger partial charge in [-0.15, -0.1) is 0 Å². The molecule has 172 valence electrons. The predicted molar refractivity (Wildman–Crippen MR) is 137 cm³/mol. The number of benzene rings is 4. The zero-order chi connectivity index (χ0) is 23.9. The first-order chi connectivity index (χ1) is 16.5. The van der Waals surface area contributed by atoms with E-state index < -0.39 is 0 Å². The summed E-state index contributed by atoms with van der Waals surface area (Å²) in [6, 6.07) is 28.3. The first-order valence-electron chi connectivity index (χ1n) is 10.7. The molecule has 0 atom stereocenters. The molecule has 0 heterocycles. The van der Waals surface area contributed by atoms with E-state index in [9.17, 15) is 4.79 Å². The molecule has 4 rings (SSSR count). The highest BCUT2D eigenvalue weighted by atomic mass is 79.9. The number of nitrogens with one attached hydrogen (secondary N) is 1. The molecule has 0 aliphatic heterocycles. The number of methoxy groups -OCH3 is 1. The average molecular weight is 518 g/mol. The van der Waals surface area contributed by atoms with Gasteiger partial charge in [0.15, 0.2) is 11.5 Å². The lowest BCUT2D eigenvalue weighted by atomic mass is 10.1. The summed E-state index contributed by atoms with van der Waals surface area (Å²) in [5, 5.41) is 2.90. The molecule has 0 saturated carbocycles. The average Bonchev–Trinajstić information content (AvgIpc) is 2.86. The van der Waals surface area contributed by atoms with E-state index in [0.29, 0.717) is 39.6 Å². The highest BCUT2D eigenvalue weighted by Crippen LogP contribution is 2.37. The number of carbonyl (C=O) groups excluding carboxylic acids is 1. The van der Waals surface area contributed by atoms with E-state index in [2.05, 4.69) is 21.2 Å². The maximum Gasteiger partial charge on any atom is 0.255 e. The van der Waals surface area contributed by atoms with Crippen molar-refractivity contribution in [2.75, 3.05) is 12.4 Å². The van der Waals surface area contributed by atoms with Crippen molar-refractivity contribution in [3.8, 4) is 23.0 Å². The molecule has 0 unspecified atom stereocenters. The molecular weight excluding hydrogens is 494 g/mol. The molecule has 6 heteroatoms. The Kier molecular flexibility index (Phi) is 7.50. The van der Waals surface area contributed by atoms with Crippen molar-refractivity contribution >= 4 is 27.5 Å². The fourth-order valence-electron chi connectivity index (χ4n) is 3.27. The van der Waals surface area contributed by atoms with E-state index in [1.54, 1.807) is 31.4 Å². The van der Waals surface area contributed by atoms with Crippen LogP contribution in [-0.2, 0) is 6.61 Å². The van der Waals surface area contributed by atoms with Crippen LogP contribution in [0.5, 0.6) is 23.0 Å². The SMILES string of the molecule is COc1cc(C(=O)Nc2ccc(Oc3ccc(C)cc3)cc2)cc(Br)c1OCc1ccccc1. The summed E-state index contributed by atoms with van der Waals surface area (Å²) in [5.74, 6) is 2.19. The number of aryl methyl sites for hydroxylation is 1. The van der Waals surface area contributed by atoms with Crippen molar-refractivity contribution in [1.82, 2.24) is 0 Å². The van der Waals surface area contributed by atoms with Crippen LogP contribution in [0.4, 0.5) is 5.69 Å². The third-order valence-electron chi connectivity index (χ3n) is 5.09. The summed E-state index contributed by atoms with van der Waals surface area (Å²) in [6.45, 7) is 2.42. The minimum absolute atomic E-state index is 0.263. The van der Waals surface area contributed by atoms with Gasteiger partial charge in [-0.05, 0) is 76.9 Å². The zero-order valence-corrected chi connectivity index (χ0v) is 20.5. The molecule has 0 bridgehead atoms. The van der Waals surface area contributed by atoms with Crippen LogP contribution < -0.4 is 19.5 Å². The number of amides is 1. The molecule has 0 aliphatic rings. The van der Waals surface area contributed by atoms with Gasteiger partial charge in [0, 0.05) is 11.3 Å². The van der Waals surface area contributed by atoms with Gasteiger partial charge in [0.1, 0.15) is 18.1 Å². The van der Waals surface area contributed by atoms with Crippen LogP contribution in [0.2, 0.25) is 0 Å². The van der Waals surface area contributed by atoms with Gasteiger partial charge in [-0.2, -0.15) is 0 Å². The topological polar surface area (TPSA) is 56.8 Å². The summed E-state index contributed by atoms with van der Waals surface area (Å²) in [6.07, 6.45) is 0. The van der Waals surface area contributed by atoms with Crippen molar-refractivity contribution in [2.45, 2.75) is 13.5 Å². The number of halogens is 1. The van der Waals surface area contributed by atoms with E-state index in [1.807, 2.05) is 73.7 Å². The van der Waals surface area contributed by atoms with Crippen LogP contribution in [0.15, 0.2) is 95.5 Å². The van der Waals surface area contributed by atoms with E-state index in [0.717, 1.165) is 11.3 Å². The summed E-state index contributed by atoms with van der Waals surface area (Å²) in [4.78, 5) is 12.9. The van der Waals surface area contributed by atoms with E-state index in [4.69, 9.17) is 14.2 Å². The van der Waals surface area contributed by atoms with Crippen molar-refractivity contribution in [3.63, 3.8) is 0 Å². The second kappa shape index (κ2) is 10.9. The minimum Gasteiger partial charge on any atom is -0.493 e. The molecule has 1 amide bonds. The van der Waals surface area contributed by atoms with Crippen LogP contribution in [0.3, 0.4) is 0 Å². The molecule has 0 spiro atoms. The molecule has 0 fully saturated rings. The lowest BCUT2D eigenvalue weighted by molar-refractivity contribution is 0.102. The van der Waals surface area contributed by atoms with E-state index in [1.165, 1.54) is 5.56 Å². The predicted octanol–water partition coefficient (Wildman–Crippen LogP) is 7.39. The maximum atomic E-state index is 12.9. The van der Waals surface area contributed by atoms with Gasteiger partial charge >= 0.3 is 0 Å². The van der Waals surface area contributed by atoms with Crippen LogP contribution in [0.25, 0.3) is 0 Å². The Bertz CT molecular complexity index is 1260. The van der Waals surface area contributed by atoms with Gasteiger partial charge in [0.2, 0.25) is 0 Å². The second-order valence-corrected chi connectivity index (χ2v) is 8.51. The fraction of sp³-hybridized carbons (Fsp3) is 0.107. The summed E-state index contributed by atoms with van der Waals surface area (Å²) < 4.78 is 17.9. The molecule has 0 aromatic heterocycles. The Morgan fingerprint density at radius 2 is 1.53 bits per heavy atom. The van der Waals surface area contributed by atoms with Gasteiger partial charge in [0.05, 0.1) is 11.6 Å². The number of ether oxygens (including phenoxy) is 3. The molecule has 0 saturated heterocycles. The highest BCUT2D eigenvalue weighted by Gasteiger charge is 2.16. The van der Waals surface area contributed by atoms with Crippen molar-refractivity contribution in [2.24, 2.45) is 0 Å². The molecule has 34 heavy (non-hydrogen) atoms. The molecular formula is C28H24BrNO4. The normalized spacial score (nSPS) is 10.4. The summed E-state index contributed by atoms with van der Waals surface area (Å²) in [5.41, 5.74) is 3.30. The van der Waals surface area contributed by atoms with Crippen LogP contribution in [0.1, 0.15) is 21.5 Å². The Morgan fingerprint density at radius 1 is 0.882 bits per heavy atom. The lowest BCUT2D eigenvalue weighted by Crippen LogP contribution is -2.12. The minimum atomic E-state index is -0.263. The monoisotopic (exact) mass is 517 g/mol. The van der Waals surface area contributed by atoms with E-state index in [-0.39, 0.29) is 5.91 Å². The fourth-order valence-corrected chi connectivity index (χ4v) is 3.83. The first kappa shape index (κ1) is 23.4. The van der Waals surface area contributed by atoms with Gasteiger partial charge < -0.3 is 19.5 Å². The summed E-state index contributed by atoms with van der Waals surface area (Å²) >= 11 is 3.51. The molecule has 4 aromatic carbocycles. The second-order valence-electron chi connectivity index (χ2n) is 7.66. The molecule has 1 N–H and O–H groups in total. The largest absolute Gasteiger partial charge is 0.493 e. The number of hydrogen-bond acceptors (Lipinski definition) is 4. The first-order valence-corrected chi connectivity index (χ1v) is 11.5. The number of rotatable bonds is 8. The van der Waals surface area contributed by atoms with Gasteiger partial charge in [-0.1, -0.05) is 48.0 Å². The molecule has 0 aliphatic carbocycles. The molecule has 5 nitrogen and oxygen atoms in total. The standard InChI is InChI=1S/C28H24BrNO4/c1-19-8-12-23(13-9-19)34-24-14-10-22(11-15-24)30-28(31)21-16-25(29)27(26(17-21)32-2)33-18-20-6-4-3-5-7-20/h3-17H,18H2,1-2H3,(H,30,31). The van der Waals surface area contributed by atoms with Gasteiger partial charge in [0.25, 0.3) is 5.91 Å². The van der Waals surface area contributed by atoms with Crippen molar-refractivity contribution in [3.05, 3.63) is 112 Å². The number of anilines is 1. The van der Waals surface area contributed by atoms with Gasteiger partial charge in [-0.3, -0.25) is 4.79 Å². The van der Waals surface area contributed by atoms with E-state index >= 15 is 0 Å². The summed E-state index contributed by atoms with van der Waals surface area (Å²) in [7, 11) is 1.55. The number of carbonyl (C=O) groups is 1. The molecule has 0 radical (unpaired) electrons. The third-order valence-corrected chi connectivity index (χ3v) is 5.68. The zero-order valence-electron chi connectivity index (χ0n) is 18.9. The molecule has 4 aromatic rings. The van der Waals surface area contributed by atoms with Crippen LogP contribution >= 0.6 is 15.9 Å². The Labute approximate surface area is 207 Å². The van der Waals surface area contributed by atoms with Crippen molar-refractivity contribution < 1.29 is 19.0 Å². The van der Waals surface area contributed by atoms with Crippen LogP contribution in [-0.4, -0.2) is 13.0 Å². The lowest BCUT2D eigenvalue weighted by Gasteiger charge is -2.15. The maximum absolute atomic E-state index is 12.9. The quantitative estimate of drug-likeness (QED) is 0.264. The highest BCUT2D eigenvalue weighted by molar-refractivity contribution is 9.10.